The molecule has 2 fully saturated rings. The molecule has 0 aliphatic heterocycles. The summed E-state index contributed by atoms with van der Waals surface area (Å²) < 4.78 is 5.81. The van der Waals surface area contributed by atoms with E-state index in [1.54, 1.807) is 0 Å². The van der Waals surface area contributed by atoms with E-state index in [0.717, 1.165) is 44.4 Å². The summed E-state index contributed by atoms with van der Waals surface area (Å²) in [6, 6.07) is 0. The topological polar surface area (TPSA) is 61.7 Å². The fraction of sp³-hybridized carbons (Fsp3) is 1.00. The molecule has 0 radical (unpaired) electrons. The number of hydrogen-bond donors (Lipinski definition) is 3. The summed E-state index contributed by atoms with van der Waals surface area (Å²) in [5.74, 6) is 0.827. The summed E-state index contributed by atoms with van der Waals surface area (Å²) in [5.41, 5.74) is -0.557. The van der Waals surface area contributed by atoms with Gasteiger partial charge in [0.2, 0.25) is 0 Å². The van der Waals surface area contributed by atoms with Crippen molar-refractivity contribution in [2.24, 2.45) is 5.92 Å². The van der Waals surface area contributed by atoms with Gasteiger partial charge in [0, 0.05) is 13.1 Å². The molecule has 0 aromatic heterocycles. The van der Waals surface area contributed by atoms with Crippen LogP contribution in [-0.2, 0) is 4.74 Å². The molecule has 0 heterocycles. The van der Waals surface area contributed by atoms with Crippen LogP contribution in [0.2, 0.25) is 0 Å². The maximum Gasteiger partial charge on any atom is 0.0897 e. The van der Waals surface area contributed by atoms with Crippen LogP contribution < -0.4 is 5.32 Å². The molecule has 4 nitrogen and oxygen atoms in total. The van der Waals surface area contributed by atoms with E-state index >= 15 is 0 Å². The van der Waals surface area contributed by atoms with Gasteiger partial charge < -0.3 is 20.3 Å². The maximum atomic E-state index is 10.4. The van der Waals surface area contributed by atoms with Crippen LogP contribution in [0.25, 0.3) is 0 Å². The van der Waals surface area contributed by atoms with Gasteiger partial charge in [-0.25, -0.2) is 0 Å². The second-order valence-electron chi connectivity index (χ2n) is 7.28. The Labute approximate surface area is 129 Å². The van der Waals surface area contributed by atoms with Crippen molar-refractivity contribution in [2.75, 3.05) is 19.7 Å². The Kier molecular flexibility index (Phi) is 6.93. The van der Waals surface area contributed by atoms with Gasteiger partial charge >= 0.3 is 0 Å². The third kappa shape index (κ3) is 6.23. The highest BCUT2D eigenvalue weighted by atomic mass is 16.5. The summed E-state index contributed by atoms with van der Waals surface area (Å²) in [6.07, 6.45) is 9.82. The first-order valence-corrected chi connectivity index (χ1v) is 8.80. The second kappa shape index (κ2) is 8.47. The van der Waals surface area contributed by atoms with Crippen LogP contribution in [0.1, 0.15) is 64.7 Å². The molecule has 21 heavy (non-hydrogen) atoms. The molecule has 0 spiro atoms. The van der Waals surface area contributed by atoms with Crippen molar-refractivity contribution in [3.63, 3.8) is 0 Å². The fourth-order valence-electron chi connectivity index (χ4n) is 3.56. The molecule has 2 rings (SSSR count). The van der Waals surface area contributed by atoms with Crippen molar-refractivity contribution in [1.29, 1.82) is 0 Å². The van der Waals surface area contributed by atoms with E-state index in [0.29, 0.717) is 25.8 Å². The fourth-order valence-corrected chi connectivity index (χ4v) is 3.56. The summed E-state index contributed by atoms with van der Waals surface area (Å²) in [4.78, 5) is 0. The highest BCUT2D eigenvalue weighted by molar-refractivity contribution is 4.84. The summed E-state index contributed by atoms with van der Waals surface area (Å²) in [6.45, 7) is 3.80. The number of hydrogen-bond acceptors (Lipinski definition) is 4. The third-order valence-corrected chi connectivity index (χ3v) is 5.11. The highest BCUT2D eigenvalue weighted by Gasteiger charge is 2.28. The lowest BCUT2D eigenvalue weighted by Crippen LogP contribution is -2.45. The monoisotopic (exact) mass is 299 g/mol. The van der Waals surface area contributed by atoms with Crippen LogP contribution in [0.4, 0.5) is 0 Å². The zero-order valence-corrected chi connectivity index (χ0v) is 13.5. The van der Waals surface area contributed by atoms with Gasteiger partial charge in [-0.15, -0.1) is 0 Å². The molecule has 0 aromatic rings. The van der Waals surface area contributed by atoms with Gasteiger partial charge in [0.1, 0.15) is 0 Å². The molecule has 1 unspecified atom stereocenters. The van der Waals surface area contributed by atoms with Gasteiger partial charge in [0.05, 0.1) is 24.4 Å². The molecule has 0 amide bonds. The van der Waals surface area contributed by atoms with Gasteiger partial charge in [-0.3, -0.25) is 0 Å². The SMILES string of the molecule is CC1CCC(OCC(O)CNCC2(O)CCCCC2)CC1. The van der Waals surface area contributed by atoms with Gasteiger partial charge in [-0.1, -0.05) is 26.2 Å². The standard InChI is InChI=1S/C17H33NO3/c1-14-5-7-16(8-6-14)21-12-15(19)11-18-13-17(20)9-3-2-4-10-17/h14-16,18-20H,2-13H2,1H3. The predicted octanol–water partition coefficient (Wildman–Crippen LogP) is 2.23. The first-order valence-electron chi connectivity index (χ1n) is 8.80. The molecule has 0 bridgehead atoms. The Morgan fingerprint density at radius 3 is 2.48 bits per heavy atom. The van der Waals surface area contributed by atoms with Crippen LogP contribution in [0.3, 0.4) is 0 Å². The van der Waals surface area contributed by atoms with Crippen molar-refractivity contribution in [3.05, 3.63) is 0 Å². The minimum atomic E-state index is -0.557. The first kappa shape index (κ1) is 17.2. The summed E-state index contributed by atoms with van der Waals surface area (Å²) in [5, 5.41) is 23.6. The molecular weight excluding hydrogens is 266 g/mol. The first-order chi connectivity index (χ1) is 10.1. The molecule has 4 heteroatoms. The average molecular weight is 299 g/mol. The van der Waals surface area contributed by atoms with E-state index in [1.807, 2.05) is 0 Å². The molecule has 2 aliphatic carbocycles. The van der Waals surface area contributed by atoms with Crippen LogP contribution in [0.15, 0.2) is 0 Å². The lowest BCUT2D eigenvalue weighted by molar-refractivity contribution is -0.0322. The maximum absolute atomic E-state index is 10.4. The Bertz CT molecular complexity index is 284. The number of nitrogens with one attached hydrogen (secondary N) is 1. The molecule has 124 valence electrons. The van der Waals surface area contributed by atoms with E-state index in [4.69, 9.17) is 4.74 Å². The largest absolute Gasteiger partial charge is 0.389 e. The smallest absolute Gasteiger partial charge is 0.0897 e. The molecule has 0 aromatic carbocycles. The van der Waals surface area contributed by atoms with Gasteiger partial charge in [0.15, 0.2) is 0 Å². The Hall–Kier alpha value is -0.160. The zero-order chi connectivity index (χ0) is 15.1. The lowest BCUT2D eigenvalue weighted by Gasteiger charge is -2.32. The molecular formula is C17H33NO3. The van der Waals surface area contributed by atoms with Gasteiger partial charge in [-0.2, -0.15) is 0 Å². The van der Waals surface area contributed by atoms with Gasteiger partial charge in [0.25, 0.3) is 0 Å². The summed E-state index contributed by atoms with van der Waals surface area (Å²) >= 11 is 0. The quantitative estimate of drug-likeness (QED) is 0.674. The second-order valence-corrected chi connectivity index (χ2v) is 7.28. The van der Waals surface area contributed by atoms with E-state index in [9.17, 15) is 10.2 Å². The Morgan fingerprint density at radius 2 is 1.81 bits per heavy atom. The highest BCUT2D eigenvalue weighted by Crippen LogP contribution is 2.27. The molecule has 0 saturated heterocycles. The van der Waals surface area contributed by atoms with Crippen LogP contribution >= 0.6 is 0 Å². The minimum absolute atomic E-state index is 0.332. The number of aliphatic hydroxyl groups is 2. The molecule has 2 aliphatic rings. The molecule has 2 saturated carbocycles. The van der Waals surface area contributed by atoms with E-state index in [-0.39, 0.29) is 0 Å². The predicted molar refractivity (Wildman–Crippen MR) is 84.3 cm³/mol. The normalized spacial score (nSPS) is 31.0. The van der Waals surface area contributed by atoms with Crippen molar-refractivity contribution in [2.45, 2.75) is 82.5 Å². The third-order valence-electron chi connectivity index (χ3n) is 5.11. The van der Waals surface area contributed by atoms with Crippen molar-refractivity contribution in [3.8, 4) is 0 Å². The number of rotatable bonds is 7. The lowest BCUT2D eigenvalue weighted by atomic mass is 9.85. The van der Waals surface area contributed by atoms with Crippen molar-refractivity contribution < 1.29 is 14.9 Å². The number of aliphatic hydroxyl groups excluding tert-OH is 1. The van der Waals surface area contributed by atoms with Crippen LogP contribution in [0.5, 0.6) is 0 Å². The zero-order valence-electron chi connectivity index (χ0n) is 13.5. The van der Waals surface area contributed by atoms with E-state index < -0.39 is 11.7 Å². The molecule has 1 atom stereocenters. The number of ether oxygens (including phenoxy) is 1. The van der Waals surface area contributed by atoms with Crippen LogP contribution in [0, 0.1) is 5.92 Å². The van der Waals surface area contributed by atoms with Crippen molar-refractivity contribution in [1.82, 2.24) is 5.32 Å². The Balaban J connectivity index is 1.54. The van der Waals surface area contributed by atoms with Gasteiger partial charge in [-0.05, 0) is 44.4 Å². The Morgan fingerprint density at radius 1 is 1.14 bits per heavy atom. The molecule has 3 N–H and O–H groups in total. The van der Waals surface area contributed by atoms with E-state index in [1.165, 1.54) is 19.3 Å². The van der Waals surface area contributed by atoms with Crippen molar-refractivity contribution >= 4 is 0 Å². The minimum Gasteiger partial charge on any atom is -0.389 e. The van der Waals surface area contributed by atoms with E-state index in [2.05, 4.69) is 12.2 Å². The van der Waals surface area contributed by atoms with Crippen LogP contribution in [-0.4, -0.2) is 47.7 Å². The summed E-state index contributed by atoms with van der Waals surface area (Å²) in [7, 11) is 0. The average Bonchev–Trinajstić information content (AvgIpc) is 2.47.